The highest BCUT2D eigenvalue weighted by Crippen LogP contribution is 2.22. The molecule has 0 saturated heterocycles. The van der Waals surface area contributed by atoms with E-state index in [1.54, 1.807) is 23.7 Å². The number of hydrogen-bond acceptors (Lipinski definition) is 2. The quantitative estimate of drug-likeness (QED) is 0.418. The van der Waals surface area contributed by atoms with Crippen molar-refractivity contribution in [3.8, 4) is 0 Å². The first kappa shape index (κ1) is 21.7. The molecule has 0 aliphatic heterocycles. The molecule has 0 bridgehead atoms. The number of rotatable bonds is 8. The maximum Gasteiger partial charge on any atom is 0.250 e. The molecule has 0 aliphatic carbocycles. The van der Waals surface area contributed by atoms with Crippen LogP contribution in [-0.2, 0) is 18.4 Å². The number of nitrogens with zero attached hydrogens (tertiary/aromatic N) is 2. The van der Waals surface area contributed by atoms with Gasteiger partial charge >= 0.3 is 0 Å². The van der Waals surface area contributed by atoms with Crippen LogP contribution < -0.4 is 16.2 Å². The molecule has 2 aromatic rings. The van der Waals surface area contributed by atoms with Crippen molar-refractivity contribution in [3.05, 3.63) is 70.1 Å². The predicted molar refractivity (Wildman–Crippen MR) is 118 cm³/mol. The molecule has 0 amide bonds. The zero-order valence-electron chi connectivity index (χ0n) is 17.7. The van der Waals surface area contributed by atoms with E-state index in [0.29, 0.717) is 0 Å². The van der Waals surface area contributed by atoms with Crippen LogP contribution in [-0.4, -0.2) is 30.7 Å². The van der Waals surface area contributed by atoms with Crippen molar-refractivity contribution in [1.82, 2.24) is 15.2 Å². The molecule has 0 atom stereocenters. The number of pyridine rings is 1. The Morgan fingerprint density at radius 1 is 1.00 bits per heavy atom. The molecule has 0 unspecified atom stereocenters. The van der Waals surface area contributed by atoms with Crippen molar-refractivity contribution in [1.29, 1.82) is 0 Å². The monoisotopic (exact) mass is 382 g/mol. The zero-order valence-corrected chi connectivity index (χ0v) is 17.7. The van der Waals surface area contributed by atoms with Crippen LogP contribution >= 0.6 is 0 Å². The van der Waals surface area contributed by atoms with Crippen molar-refractivity contribution in [2.75, 3.05) is 20.1 Å². The lowest BCUT2D eigenvalue weighted by Crippen LogP contribution is -2.38. The van der Waals surface area contributed by atoms with Gasteiger partial charge in [0.1, 0.15) is 0 Å². The van der Waals surface area contributed by atoms with Gasteiger partial charge in [-0.2, -0.15) is 0 Å². The second kappa shape index (κ2) is 10.7. The number of aryl methyl sites for hydroxylation is 1. The normalized spacial score (nSPS) is 12.1. The molecule has 1 aromatic heterocycles. The summed E-state index contributed by atoms with van der Waals surface area (Å²) >= 11 is 0. The van der Waals surface area contributed by atoms with Crippen LogP contribution in [0, 0.1) is 0 Å². The van der Waals surface area contributed by atoms with Crippen LogP contribution in [0.2, 0.25) is 0 Å². The molecule has 2 rings (SSSR count). The minimum atomic E-state index is 0.0588. The first-order chi connectivity index (χ1) is 13.4. The standard InChI is InChI=1S/C23H34N4O/c1-23(2,3)20-12-10-19(11-13-20)14-16-26-22(24-4)25-15-6-8-18-27-17-7-5-9-21(27)28/h5,7,9-13,17H,6,8,14-16,18H2,1-4H3,(H2,24,25,26). The van der Waals surface area contributed by atoms with Gasteiger partial charge in [0.05, 0.1) is 0 Å². The molecule has 1 aromatic carbocycles. The lowest BCUT2D eigenvalue weighted by Gasteiger charge is -2.19. The van der Waals surface area contributed by atoms with Gasteiger partial charge in [-0.1, -0.05) is 51.1 Å². The molecule has 0 fully saturated rings. The van der Waals surface area contributed by atoms with Gasteiger partial charge < -0.3 is 15.2 Å². The van der Waals surface area contributed by atoms with E-state index in [2.05, 4.69) is 60.7 Å². The molecule has 0 aliphatic rings. The third-order valence-corrected chi connectivity index (χ3v) is 4.77. The molecular formula is C23H34N4O. The number of aromatic nitrogens is 1. The van der Waals surface area contributed by atoms with E-state index in [4.69, 9.17) is 0 Å². The van der Waals surface area contributed by atoms with E-state index in [1.165, 1.54) is 11.1 Å². The maximum absolute atomic E-state index is 11.7. The number of unbranched alkanes of at least 4 members (excludes halogenated alkanes) is 1. The van der Waals surface area contributed by atoms with Crippen LogP contribution in [0.1, 0.15) is 44.7 Å². The minimum Gasteiger partial charge on any atom is -0.356 e. The summed E-state index contributed by atoms with van der Waals surface area (Å²) in [6, 6.07) is 14.1. The van der Waals surface area contributed by atoms with Gasteiger partial charge in [0.15, 0.2) is 5.96 Å². The number of hydrogen-bond donors (Lipinski definition) is 2. The number of benzene rings is 1. The van der Waals surface area contributed by atoms with Gasteiger partial charge in [-0.3, -0.25) is 9.79 Å². The van der Waals surface area contributed by atoms with Crippen LogP contribution in [0.15, 0.2) is 58.4 Å². The van der Waals surface area contributed by atoms with Crippen molar-refractivity contribution in [2.45, 2.75) is 52.0 Å². The van der Waals surface area contributed by atoms with Gasteiger partial charge in [0.2, 0.25) is 5.56 Å². The van der Waals surface area contributed by atoms with E-state index in [0.717, 1.165) is 44.9 Å². The Hall–Kier alpha value is -2.56. The van der Waals surface area contributed by atoms with Crippen molar-refractivity contribution in [3.63, 3.8) is 0 Å². The summed E-state index contributed by atoms with van der Waals surface area (Å²) in [6.07, 6.45) is 4.73. The number of nitrogens with one attached hydrogen (secondary N) is 2. The van der Waals surface area contributed by atoms with Crippen molar-refractivity contribution < 1.29 is 0 Å². The molecule has 5 nitrogen and oxygen atoms in total. The SMILES string of the molecule is CN=C(NCCCCn1ccccc1=O)NCCc1ccc(C(C)(C)C)cc1. The fourth-order valence-electron chi connectivity index (χ4n) is 2.98. The van der Waals surface area contributed by atoms with E-state index in [1.807, 2.05) is 12.3 Å². The maximum atomic E-state index is 11.7. The van der Waals surface area contributed by atoms with Crippen LogP contribution in [0.3, 0.4) is 0 Å². The lowest BCUT2D eigenvalue weighted by molar-refractivity contribution is 0.585. The summed E-state index contributed by atoms with van der Waals surface area (Å²) in [5.74, 6) is 0.822. The lowest BCUT2D eigenvalue weighted by atomic mass is 9.86. The summed E-state index contributed by atoms with van der Waals surface area (Å²) in [7, 11) is 1.79. The highest BCUT2D eigenvalue weighted by molar-refractivity contribution is 5.79. The van der Waals surface area contributed by atoms with Crippen molar-refractivity contribution in [2.24, 2.45) is 4.99 Å². The zero-order chi connectivity index (χ0) is 20.4. The summed E-state index contributed by atoms with van der Waals surface area (Å²) in [5, 5.41) is 6.70. The van der Waals surface area contributed by atoms with E-state index in [-0.39, 0.29) is 11.0 Å². The predicted octanol–water partition coefficient (Wildman–Crippen LogP) is 3.33. The molecule has 5 heteroatoms. The third kappa shape index (κ3) is 7.22. The fourth-order valence-corrected chi connectivity index (χ4v) is 2.98. The molecule has 152 valence electrons. The minimum absolute atomic E-state index is 0.0588. The summed E-state index contributed by atoms with van der Waals surface area (Å²) in [4.78, 5) is 15.9. The molecule has 2 N–H and O–H groups in total. The van der Waals surface area contributed by atoms with Crippen molar-refractivity contribution >= 4 is 5.96 Å². The first-order valence-electron chi connectivity index (χ1n) is 10.1. The van der Waals surface area contributed by atoms with E-state index in [9.17, 15) is 4.79 Å². The smallest absolute Gasteiger partial charge is 0.250 e. The summed E-state index contributed by atoms with van der Waals surface area (Å²) < 4.78 is 1.75. The van der Waals surface area contributed by atoms with Gasteiger partial charge in [-0.25, -0.2) is 0 Å². The second-order valence-electron chi connectivity index (χ2n) is 8.06. The Morgan fingerprint density at radius 2 is 1.71 bits per heavy atom. The second-order valence-corrected chi connectivity index (χ2v) is 8.06. The van der Waals surface area contributed by atoms with E-state index < -0.39 is 0 Å². The Morgan fingerprint density at radius 3 is 2.36 bits per heavy atom. The molecule has 0 spiro atoms. The summed E-state index contributed by atoms with van der Waals surface area (Å²) in [5.41, 5.74) is 2.93. The van der Waals surface area contributed by atoms with Crippen LogP contribution in [0.5, 0.6) is 0 Å². The van der Waals surface area contributed by atoms with Crippen LogP contribution in [0.4, 0.5) is 0 Å². The number of guanidine groups is 1. The Kier molecular flexibility index (Phi) is 8.30. The highest BCUT2D eigenvalue weighted by Gasteiger charge is 2.12. The highest BCUT2D eigenvalue weighted by atomic mass is 16.1. The average molecular weight is 383 g/mol. The fraction of sp³-hybridized carbons (Fsp3) is 0.478. The average Bonchev–Trinajstić information content (AvgIpc) is 2.67. The molecular weight excluding hydrogens is 348 g/mol. The third-order valence-electron chi connectivity index (χ3n) is 4.77. The largest absolute Gasteiger partial charge is 0.356 e. The van der Waals surface area contributed by atoms with Gasteiger partial charge in [-0.05, 0) is 41.9 Å². The van der Waals surface area contributed by atoms with Gasteiger partial charge in [-0.15, -0.1) is 0 Å². The molecule has 0 saturated carbocycles. The van der Waals surface area contributed by atoms with Gasteiger partial charge in [0, 0.05) is 38.9 Å². The molecule has 0 radical (unpaired) electrons. The molecule has 1 heterocycles. The van der Waals surface area contributed by atoms with Crippen LogP contribution in [0.25, 0.3) is 0 Å². The Balaban J connectivity index is 1.65. The Labute approximate surface area is 168 Å². The summed E-state index contributed by atoms with van der Waals surface area (Å²) in [6.45, 7) is 9.12. The van der Waals surface area contributed by atoms with Gasteiger partial charge in [0.25, 0.3) is 0 Å². The topological polar surface area (TPSA) is 58.4 Å². The number of aliphatic imine (C=N–C) groups is 1. The van der Waals surface area contributed by atoms with E-state index >= 15 is 0 Å². The Bertz CT molecular complexity index is 800. The molecule has 28 heavy (non-hydrogen) atoms. The first-order valence-corrected chi connectivity index (χ1v) is 10.1.